The molecule has 3 rings (SSSR count). The molecular weight excluding hydrogens is 312 g/mol. The van der Waals surface area contributed by atoms with Crippen LogP contribution in [0.5, 0.6) is 0 Å². The lowest BCUT2D eigenvalue weighted by Crippen LogP contribution is -2.32. The summed E-state index contributed by atoms with van der Waals surface area (Å²) in [7, 11) is 0. The quantitative estimate of drug-likeness (QED) is 0.882. The van der Waals surface area contributed by atoms with Crippen molar-refractivity contribution >= 4 is 18.3 Å². The number of para-hydroxylation sites is 1. The normalized spacial score (nSPS) is 15.0. The molecule has 0 saturated carbocycles. The molecule has 23 heavy (non-hydrogen) atoms. The van der Waals surface area contributed by atoms with Crippen molar-refractivity contribution in [3.8, 4) is 5.69 Å². The van der Waals surface area contributed by atoms with Crippen molar-refractivity contribution in [3.05, 3.63) is 48.3 Å². The largest absolute Gasteiger partial charge is 0.352 e. The zero-order chi connectivity index (χ0) is 15.2. The monoisotopic (exact) mass is 334 g/mol. The van der Waals surface area contributed by atoms with E-state index >= 15 is 0 Å². The minimum absolute atomic E-state index is 0. The molecule has 0 spiro atoms. The van der Waals surface area contributed by atoms with Crippen LogP contribution in [0.3, 0.4) is 0 Å². The van der Waals surface area contributed by atoms with E-state index in [1.165, 1.54) is 0 Å². The van der Waals surface area contributed by atoms with Crippen LogP contribution in [0.15, 0.2) is 42.7 Å². The highest BCUT2D eigenvalue weighted by Gasteiger charge is 2.16. The SMILES string of the molecule is Cl.O=C(CC1CCNCC1)NCc1ccccc1-n1cccn1. The molecule has 1 aromatic carbocycles. The number of piperidine rings is 1. The smallest absolute Gasteiger partial charge is 0.220 e. The van der Waals surface area contributed by atoms with Crippen LogP contribution < -0.4 is 10.6 Å². The summed E-state index contributed by atoms with van der Waals surface area (Å²) in [6.45, 7) is 2.60. The van der Waals surface area contributed by atoms with Crippen molar-refractivity contribution in [1.82, 2.24) is 20.4 Å². The third kappa shape index (κ3) is 4.81. The van der Waals surface area contributed by atoms with E-state index in [9.17, 15) is 4.79 Å². The molecule has 124 valence electrons. The first-order chi connectivity index (χ1) is 10.8. The lowest BCUT2D eigenvalue weighted by Gasteiger charge is -2.22. The van der Waals surface area contributed by atoms with Gasteiger partial charge in [0, 0.05) is 25.4 Å². The van der Waals surface area contributed by atoms with E-state index in [4.69, 9.17) is 0 Å². The third-order valence-corrected chi connectivity index (χ3v) is 4.15. The number of hydrogen-bond donors (Lipinski definition) is 2. The van der Waals surface area contributed by atoms with Crippen LogP contribution in [0.2, 0.25) is 0 Å². The second kappa shape index (κ2) is 8.70. The lowest BCUT2D eigenvalue weighted by molar-refractivity contribution is -0.122. The second-order valence-electron chi connectivity index (χ2n) is 5.75. The third-order valence-electron chi connectivity index (χ3n) is 4.15. The van der Waals surface area contributed by atoms with E-state index in [0.717, 1.165) is 37.2 Å². The molecule has 6 heteroatoms. The summed E-state index contributed by atoms with van der Waals surface area (Å²) in [4.78, 5) is 12.1. The Balaban J connectivity index is 0.00000192. The van der Waals surface area contributed by atoms with Gasteiger partial charge in [0.1, 0.15) is 0 Å². The molecular formula is C17H23ClN4O. The Bertz CT molecular complexity index is 609. The van der Waals surface area contributed by atoms with E-state index in [0.29, 0.717) is 18.9 Å². The molecule has 1 aliphatic rings. The Morgan fingerprint density at radius 3 is 2.78 bits per heavy atom. The van der Waals surface area contributed by atoms with Gasteiger partial charge in [0.05, 0.1) is 5.69 Å². The molecule has 2 N–H and O–H groups in total. The van der Waals surface area contributed by atoms with Crippen LogP contribution in [-0.2, 0) is 11.3 Å². The van der Waals surface area contributed by atoms with Gasteiger partial charge in [-0.05, 0) is 49.5 Å². The van der Waals surface area contributed by atoms with Gasteiger partial charge < -0.3 is 10.6 Å². The highest BCUT2D eigenvalue weighted by molar-refractivity contribution is 5.85. The summed E-state index contributed by atoms with van der Waals surface area (Å²) in [5.74, 6) is 0.657. The number of benzene rings is 1. The van der Waals surface area contributed by atoms with Crippen LogP contribution in [0.1, 0.15) is 24.8 Å². The van der Waals surface area contributed by atoms with E-state index in [1.54, 1.807) is 6.20 Å². The first-order valence-corrected chi connectivity index (χ1v) is 7.88. The molecule has 0 radical (unpaired) electrons. The maximum Gasteiger partial charge on any atom is 0.220 e. The van der Waals surface area contributed by atoms with Crippen LogP contribution >= 0.6 is 12.4 Å². The standard InChI is InChI=1S/C17H22N4O.ClH/c22-17(12-14-6-9-18-10-7-14)19-13-15-4-1-2-5-16(15)21-11-3-8-20-21;/h1-5,8,11,14,18H,6-7,9-10,12-13H2,(H,19,22);1H. The molecule has 1 aromatic heterocycles. The molecule has 0 atom stereocenters. The molecule has 1 aliphatic heterocycles. The van der Waals surface area contributed by atoms with Gasteiger partial charge in [-0.3, -0.25) is 4.79 Å². The summed E-state index contributed by atoms with van der Waals surface area (Å²) in [5.41, 5.74) is 2.08. The maximum absolute atomic E-state index is 12.1. The second-order valence-corrected chi connectivity index (χ2v) is 5.75. The van der Waals surface area contributed by atoms with Crippen molar-refractivity contribution in [2.24, 2.45) is 5.92 Å². The fraction of sp³-hybridized carbons (Fsp3) is 0.412. The Hall–Kier alpha value is -1.85. The lowest BCUT2D eigenvalue weighted by atomic mass is 9.94. The van der Waals surface area contributed by atoms with E-state index in [1.807, 2.05) is 41.2 Å². The first kappa shape index (κ1) is 17.5. The number of carbonyl (C=O) groups excluding carboxylic acids is 1. The van der Waals surface area contributed by atoms with E-state index in [2.05, 4.69) is 15.7 Å². The van der Waals surface area contributed by atoms with Crippen LogP contribution in [0, 0.1) is 5.92 Å². The Morgan fingerprint density at radius 2 is 2.04 bits per heavy atom. The van der Waals surface area contributed by atoms with Crippen molar-refractivity contribution in [2.45, 2.75) is 25.8 Å². The van der Waals surface area contributed by atoms with Gasteiger partial charge in [0.2, 0.25) is 5.91 Å². The Labute approximate surface area is 142 Å². The molecule has 1 saturated heterocycles. The van der Waals surface area contributed by atoms with Gasteiger partial charge in [-0.25, -0.2) is 4.68 Å². The predicted molar refractivity (Wildman–Crippen MR) is 92.9 cm³/mol. The van der Waals surface area contributed by atoms with Gasteiger partial charge in [-0.15, -0.1) is 12.4 Å². The number of nitrogens with zero attached hydrogens (tertiary/aromatic N) is 2. The van der Waals surface area contributed by atoms with Gasteiger partial charge in [-0.1, -0.05) is 18.2 Å². The van der Waals surface area contributed by atoms with Crippen LogP contribution in [0.4, 0.5) is 0 Å². The molecule has 2 aromatic rings. The fourth-order valence-corrected chi connectivity index (χ4v) is 2.91. The van der Waals surface area contributed by atoms with Crippen molar-refractivity contribution < 1.29 is 4.79 Å². The zero-order valence-electron chi connectivity index (χ0n) is 13.1. The summed E-state index contributed by atoms with van der Waals surface area (Å²) < 4.78 is 1.83. The number of nitrogens with one attached hydrogen (secondary N) is 2. The highest BCUT2D eigenvalue weighted by atomic mass is 35.5. The minimum atomic E-state index is 0. The fourth-order valence-electron chi connectivity index (χ4n) is 2.91. The zero-order valence-corrected chi connectivity index (χ0v) is 13.9. The molecule has 1 fully saturated rings. The molecule has 2 heterocycles. The summed E-state index contributed by atoms with van der Waals surface area (Å²) in [6.07, 6.45) is 6.49. The molecule has 5 nitrogen and oxygen atoms in total. The van der Waals surface area contributed by atoms with Crippen molar-refractivity contribution in [1.29, 1.82) is 0 Å². The van der Waals surface area contributed by atoms with Gasteiger partial charge in [0.15, 0.2) is 0 Å². The summed E-state index contributed by atoms with van der Waals surface area (Å²) >= 11 is 0. The number of amides is 1. The predicted octanol–water partition coefficient (Wildman–Crippen LogP) is 2.30. The van der Waals surface area contributed by atoms with Crippen LogP contribution in [0.25, 0.3) is 5.69 Å². The number of carbonyl (C=O) groups is 1. The number of rotatable bonds is 5. The Morgan fingerprint density at radius 1 is 1.26 bits per heavy atom. The number of hydrogen-bond acceptors (Lipinski definition) is 3. The van der Waals surface area contributed by atoms with Crippen LogP contribution in [-0.4, -0.2) is 28.8 Å². The highest BCUT2D eigenvalue weighted by Crippen LogP contribution is 2.16. The minimum Gasteiger partial charge on any atom is -0.352 e. The first-order valence-electron chi connectivity index (χ1n) is 7.88. The average Bonchev–Trinajstić information content (AvgIpc) is 3.08. The van der Waals surface area contributed by atoms with E-state index < -0.39 is 0 Å². The van der Waals surface area contributed by atoms with E-state index in [-0.39, 0.29) is 18.3 Å². The molecule has 1 amide bonds. The average molecular weight is 335 g/mol. The van der Waals surface area contributed by atoms with Gasteiger partial charge in [-0.2, -0.15) is 5.10 Å². The summed E-state index contributed by atoms with van der Waals surface area (Å²) in [6, 6.07) is 9.91. The van der Waals surface area contributed by atoms with Crippen molar-refractivity contribution in [2.75, 3.05) is 13.1 Å². The topological polar surface area (TPSA) is 59.0 Å². The van der Waals surface area contributed by atoms with Gasteiger partial charge in [0.25, 0.3) is 0 Å². The number of aromatic nitrogens is 2. The Kier molecular flexibility index (Phi) is 6.62. The molecule has 0 unspecified atom stereocenters. The summed E-state index contributed by atoms with van der Waals surface area (Å²) in [5, 5.41) is 10.6. The van der Waals surface area contributed by atoms with Crippen molar-refractivity contribution in [3.63, 3.8) is 0 Å². The number of halogens is 1. The maximum atomic E-state index is 12.1. The van der Waals surface area contributed by atoms with Gasteiger partial charge >= 0.3 is 0 Å². The molecule has 0 aliphatic carbocycles. The molecule has 0 bridgehead atoms.